The molecule has 2 aliphatic rings. The first-order chi connectivity index (χ1) is 13.1. The van der Waals surface area contributed by atoms with Crippen LogP contribution >= 0.6 is 24.0 Å². The van der Waals surface area contributed by atoms with Crippen molar-refractivity contribution in [2.75, 3.05) is 26.7 Å². The van der Waals surface area contributed by atoms with Gasteiger partial charge in [-0.25, -0.2) is 0 Å². The molecule has 6 heteroatoms. The molecule has 1 heterocycles. The zero-order valence-corrected chi connectivity index (χ0v) is 19.6. The number of rotatable bonds is 6. The second-order valence-corrected chi connectivity index (χ2v) is 8.03. The lowest BCUT2D eigenvalue weighted by Gasteiger charge is -2.43. The lowest BCUT2D eigenvalue weighted by molar-refractivity contribution is -0.134. The maximum absolute atomic E-state index is 12.5. The Kier molecular flexibility index (Phi) is 9.05. The number of aliphatic imine (C=N–C) groups is 1. The Balaban J connectivity index is 0.00000280. The zero-order chi connectivity index (χ0) is 19.1. The number of amides is 1. The highest BCUT2D eigenvalue weighted by atomic mass is 127. The highest BCUT2D eigenvalue weighted by Gasteiger charge is 2.38. The summed E-state index contributed by atoms with van der Waals surface area (Å²) in [7, 11) is 1.79. The molecule has 1 aromatic carbocycles. The van der Waals surface area contributed by atoms with E-state index in [1.807, 2.05) is 4.90 Å². The molecule has 1 saturated heterocycles. The molecule has 0 aromatic heterocycles. The van der Waals surface area contributed by atoms with E-state index in [1.165, 1.54) is 31.2 Å². The molecule has 1 aliphatic heterocycles. The van der Waals surface area contributed by atoms with Crippen LogP contribution < -0.4 is 10.6 Å². The smallest absolute Gasteiger partial charge is 0.224 e. The lowest BCUT2D eigenvalue weighted by Crippen LogP contribution is -2.49. The fraction of sp³-hybridized carbons (Fsp3) is 0.636. The van der Waals surface area contributed by atoms with Gasteiger partial charge >= 0.3 is 0 Å². The predicted molar refractivity (Wildman–Crippen MR) is 126 cm³/mol. The molecule has 0 radical (unpaired) electrons. The predicted octanol–water partition coefficient (Wildman–Crippen LogP) is 3.68. The molecular formula is C22H35IN4O. The highest BCUT2D eigenvalue weighted by Crippen LogP contribution is 2.43. The van der Waals surface area contributed by atoms with Crippen molar-refractivity contribution in [2.45, 2.75) is 63.3 Å². The average Bonchev–Trinajstić information content (AvgIpc) is 2.66. The van der Waals surface area contributed by atoms with Gasteiger partial charge in [-0.2, -0.15) is 0 Å². The van der Waals surface area contributed by atoms with E-state index in [2.05, 4.69) is 52.9 Å². The van der Waals surface area contributed by atoms with Crippen LogP contribution in [0.25, 0.3) is 0 Å². The number of nitrogens with zero attached hydrogens (tertiary/aromatic N) is 2. The number of likely N-dealkylation sites (tertiary alicyclic amines) is 1. The van der Waals surface area contributed by atoms with Crippen LogP contribution in [0.3, 0.4) is 0 Å². The van der Waals surface area contributed by atoms with Crippen molar-refractivity contribution >= 4 is 35.8 Å². The van der Waals surface area contributed by atoms with Gasteiger partial charge in [0.15, 0.2) is 5.96 Å². The second kappa shape index (κ2) is 11.0. The van der Waals surface area contributed by atoms with Crippen LogP contribution in [0.1, 0.15) is 57.4 Å². The summed E-state index contributed by atoms with van der Waals surface area (Å²) in [6, 6.07) is 11.2. The van der Waals surface area contributed by atoms with Crippen LogP contribution in [-0.4, -0.2) is 49.5 Å². The number of halogens is 1. The van der Waals surface area contributed by atoms with Crippen molar-refractivity contribution in [1.82, 2.24) is 15.5 Å². The van der Waals surface area contributed by atoms with Crippen LogP contribution in [-0.2, 0) is 10.2 Å². The van der Waals surface area contributed by atoms with Gasteiger partial charge in [0.1, 0.15) is 0 Å². The molecule has 1 unspecified atom stereocenters. The van der Waals surface area contributed by atoms with Gasteiger partial charge in [-0.15, -0.1) is 24.0 Å². The Bertz CT molecular complexity index is 645. The van der Waals surface area contributed by atoms with E-state index in [-0.39, 0.29) is 35.3 Å². The van der Waals surface area contributed by atoms with Gasteiger partial charge in [-0.05, 0) is 44.6 Å². The number of carbonyl (C=O) groups is 1. The molecule has 2 N–H and O–H groups in total. The van der Waals surface area contributed by atoms with Crippen LogP contribution in [0.5, 0.6) is 0 Å². The number of hydrogen-bond acceptors (Lipinski definition) is 2. The molecule has 1 atom stereocenters. The molecule has 1 amide bonds. The average molecular weight is 498 g/mol. The van der Waals surface area contributed by atoms with Gasteiger partial charge in [-0.1, -0.05) is 36.8 Å². The van der Waals surface area contributed by atoms with E-state index in [0.29, 0.717) is 19.0 Å². The molecule has 5 nitrogen and oxygen atoms in total. The van der Waals surface area contributed by atoms with Crippen molar-refractivity contribution in [2.24, 2.45) is 4.99 Å². The van der Waals surface area contributed by atoms with Crippen LogP contribution in [0.2, 0.25) is 0 Å². The van der Waals surface area contributed by atoms with Gasteiger partial charge in [0, 0.05) is 44.6 Å². The van der Waals surface area contributed by atoms with Crippen molar-refractivity contribution in [3.8, 4) is 0 Å². The molecule has 1 saturated carbocycles. The molecule has 0 spiro atoms. The summed E-state index contributed by atoms with van der Waals surface area (Å²) >= 11 is 0. The lowest BCUT2D eigenvalue weighted by atomic mass is 9.64. The topological polar surface area (TPSA) is 56.7 Å². The summed E-state index contributed by atoms with van der Waals surface area (Å²) in [5.74, 6) is 1.04. The first-order valence-electron chi connectivity index (χ1n) is 10.4. The van der Waals surface area contributed by atoms with Crippen molar-refractivity contribution in [3.63, 3.8) is 0 Å². The summed E-state index contributed by atoms with van der Waals surface area (Å²) < 4.78 is 0. The maximum Gasteiger partial charge on any atom is 0.224 e. The first-order valence-corrected chi connectivity index (χ1v) is 10.4. The van der Waals surface area contributed by atoms with Gasteiger partial charge in [-0.3, -0.25) is 9.79 Å². The first kappa shape index (κ1) is 23.0. The minimum absolute atomic E-state index is 0. The van der Waals surface area contributed by atoms with Gasteiger partial charge in [0.05, 0.1) is 0 Å². The van der Waals surface area contributed by atoms with E-state index in [4.69, 9.17) is 0 Å². The molecule has 1 aliphatic carbocycles. The number of carbonyl (C=O) groups excluding carboxylic acids is 1. The highest BCUT2D eigenvalue weighted by molar-refractivity contribution is 14.0. The number of piperidine rings is 1. The molecular weight excluding hydrogens is 463 g/mol. The summed E-state index contributed by atoms with van der Waals surface area (Å²) in [4.78, 5) is 18.8. The SMILES string of the molecule is CN=C(NCCC(=O)N1CCCCC1C)NCC1(c2ccccc2)CCC1.I. The Morgan fingerprint density at radius 3 is 2.54 bits per heavy atom. The molecule has 2 fully saturated rings. The zero-order valence-electron chi connectivity index (χ0n) is 17.2. The van der Waals surface area contributed by atoms with Crippen molar-refractivity contribution < 1.29 is 4.79 Å². The van der Waals surface area contributed by atoms with Gasteiger partial charge < -0.3 is 15.5 Å². The molecule has 1 aromatic rings. The summed E-state index contributed by atoms with van der Waals surface area (Å²) in [5.41, 5.74) is 1.63. The molecule has 3 rings (SSSR count). The van der Waals surface area contributed by atoms with Crippen LogP contribution in [0.4, 0.5) is 0 Å². The maximum atomic E-state index is 12.5. The summed E-state index contributed by atoms with van der Waals surface area (Å²) in [6.45, 7) is 4.58. The Morgan fingerprint density at radius 1 is 1.18 bits per heavy atom. The summed E-state index contributed by atoms with van der Waals surface area (Å²) in [5, 5.41) is 6.80. The number of benzene rings is 1. The minimum atomic E-state index is 0. The Hall–Kier alpha value is -1.31. The van der Waals surface area contributed by atoms with Crippen LogP contribution in [0.15, 0.2) is 35.3 Å². The molecule has 28 heavy (non-hydrogen) atoms. The van der Waals surface area contributed by atoms with Crippen LogP contribution in [0, 0.1) is 0 Å². The van der Waals surface area contributed by atoms with E-state index in [1.54, 1.807) is 7.05 Å². The van der Waals surface area contributed by atoms with E-state index in [9.17, 15) is 4.79 Å². The normalized spacial score (nSPS) is 21.3. The van der Waals surface area contributed by atoms with E-state index < -0.39 is 0 Å². The Morgan fingerprint density at radius 2 is 1.93 bits per heavy atom. The third-order valence-corrected chi connectivity index (χ3v) is 6.27. The quantitative estimate of drug-likeness (QED) is 0.358. The number of guanidine groups is 1. The van der Waals surface area contributed by atoms with Gasteiger partial charge in [0.2, 0.25) is 5.91 Å². The fourth-order valence-corrected chi connectivity index (χ4v) is 4.34. The van der Waals surface area contributed by atoms with Crippen molar-refractivity contribution in [3.05, 3.63) is 35.9 Å². The Labute approximate surface area is 186 Å². The number of nitrogens with one attached hydrogen (secondary N) is 2. The number of hydrogen-bond donors (Lipinski definition) is 2. The standard InChI is InChI=1S/C22H34N4O.HI/c1-18-9-6-7-16-26(18)20(27)12-15-24-21(23-2)25-17-22(13-8-14-22)19-10-4-3-5-11-19;/h3-5,10-11,18H,6-9,12-17H2,1-2H3,(H2,23,24,25);1H. The second-order valence-electron chi connectivity index (χ2n) is 8.03. The summed E-state index contributed by atoms with van der Waals surface area (Å²) in [6.07, 6.45) is 7.74. The van der Waals surface area contributed by atoms with E-state index >= 15 is 0 Å². The largest absolute Gasteiger partial charge is 0.356 e. The van der Waals surface area contributed by atoms with E-state index in [0.717, 1.165) is 31.9 Å². The third-order valence-electron chi connectivity index (χ3n) is 6.27. The molecule has 0 bridgehead atoms. The fourth-order valence-electron chi connectivity index (χ4n) is 4.34. The monoisotopic (exact) mass is 498 g/mol. The van der Waals surface area contributed by atoms with Crippen molar-refractivity contribution in [1.29, 1.82) is 0 Å². The van der Waals surface area contributed by atoms with Gasteiger partial charge in [0.25, 0.3) is 0 Å². The molecule has 156 valence electrons. The minimum Gasteiger partial charge on any atom is -0.356 e. The third kappa shape index (κ3) is 5.61.